The number of fused-ring (bicyclic) bond motifs is 2. The summed E-state index contributed by atoms with van der Waals surface area (Å²) < 4.78 is 30.2. The molecule has 1 spiro atoms. The first-order valence-corrected chi connectivity index (χ1v) is 12.8. The maximum atomic E-state index is 12.8. The number of hydrogen-bond donors (Lipinski definition) is 2. The Morgan fingerprint density at radius 1 is 1.37 bits per heavy atom. The highest BCUT2D eigenvalue weighted by molar-refractivity contribution is 7.91. The highest BCUT2D eigenvalue weighted by Gasteiger charge is 2.43. The highest BCUT2D eigenvalue weighted by Crippen LogP contribution is 2.46. The molecule has 0 unspecified atom stereocenters. The van der Waals surface area contributed by atoms with Gasteiger partial charge in [0.15, 0.2) is 9.84 Å². The summed E-state index contributed by atoms with van der Waals surface area (Å²) in [5.74, 6) is -0.105. The lowest BCUT2D eigenvalue weighted by molar-refractivity contribution is -0.117. The van der Waals surface area contributed by atoms with Gasteiger partial charge in [0.1, 0.15) is 5.60 Å². The van der Waals surface area contributed by atoms with Crippen LogP contribution >= 0.6 is 11.3 Å². The van der Waals surface area contributed by atoms with E-state index in [0.717, 1.165) is 32.4 Å². The second-order valence-corrected chi connectivity index (χ2v) is 11.2. The lowest BCUT2D eigenvalue weighted by atomic mass is 9.84. The molecule has 162 valence electrons. The number of amides is 1. The van der Waals surface area contributed by atoms with Gasteiger partial charge >= 0.3 is 0 Å². The normalized spacial score (nSPS) is 20.7. The Morgan fingerprint density at radius 3 is 2.80 bits per heavy atom. The summed E-state index contributed by atoms with van der Waals surface area (Å²) in [6.45, 7) is 5.78. The quantitative estimate of drug-likeness (QED) is 0.728. The Hall–Kier alpha value is -1.81. The van der Waals surface area contributed by atoms with Crippen LogP contribution in [-0.2, 0) is 33.1 Å². The lowest BCUT2D eigenvalue weighted by Gasteiger charge is -2.43. The number of sulfone groups is 1. The first-order valence-electron chi connectivity index (χ1n) is 10.3. The SMILES string of the molecule is CCS(=O)(=O)c1ccc(CNC(=O)c2cc3c(s2)C2(CCNCC2)O[C@@H](C)C3)nc1. The fourth-order valence-corrected chi connectivity index (χ4v) is 6.29. The monoisotopic (exact) mass is 449 g/mol. The van der Waals surface area contributed by atoms with Crippen LogP contribution in [0.25, 0.3) is 0 Å². The Kier molecular flexibility index (Phi) is 5.98. The summed E-state index contributed by atoms with van der Waals surface area (Å²) in [7, 11) is -3.27. The largest absolute Gasteiger partial charge is 0.366 e. The van der Waals surface area contributed by atoms with Crippen molar-refractivity contribution in [1.29, 1.82) is 0 Å². The minimum absolute atomic E-state index is 0.0354. The molecule has 4 heterocycles. The van der Waals surface area contributed by atoms with Gasteiger partial charge in [-0.2, -0.15) is 0 Å². The third-order valence-corrected chi connectivity index (χ3v) is 8.84. The number of nitrogens with zero attached hydrogens (tertiary/aromatic N) is 1. The van der Waals surface area contributed by atoms with Gasteiger partial charge in [0.05, 0.1) is 33.9 Å². The predicted molar refractivity (Wildman–Crippen MR) is 115 cm³/mol. The van der Waals surface area contributed by atoms with Crippen molar-refractivity contribution in [3.8, 4) is 0 Å². The van der Waals surface area contributed by atoms with E-state index in [1.54, 1.807) is 13.0 Å². The molecule has 2 aliphatic heterocycles. The lowest BCUT2D eigenvalue weighted by Crippen LogP contribution is -2.46. The van der Waals surface area contributed by atoms with Crippen molar-refractivity contribution in [3.05, 3.63) is 45.4 Å². The molecule has 2 aliphatic rings. The Morgan fingerprint density at radius 2 is 2.13 bits per heavy atom. The van der Waals surface area contributed by atoms with Crippen LogP contribution in [0.2, 0.25) is 0 Å². The maximum Gasteiger partial charge on any atom is 0.261 e. The number of rotatable bonds is 5. The van der Waals surface area contributed by atoms with Crippen LogP contribution in [-0.4, -0.2) is 44.3 Å². The molecule has 1 atom stereocenters. The molecule has 30 heavy (non-hydrogen) atoms. The van der Waals surface area contributed by atoms with Crippen molar-refractivity contribution in [2.75, 3.05) is 18.8 Å². The van der Waals surface area contributed by atoms with Crippen molar-refractivity contribution < 1.29 is 17.9 Å². The number of pyridine rings is 1. The molecule has 0 radical (unpaired) electrons. The van der Waals surface area contributed by atoms with E-state index in [4.69, 9.17) is 4.74 Å². The number of aromatic nitrogens is 1. The van der Waals surface area contributed by atoms with E-state index in [9.17, 15) is 13.2 Å². The average Bonchev–Trinajstić information content (AvgIpc) is 3.18. The van der Waals surface area contributed by atoms with Crippen LogP contribution < -0.4 is 10.6 Å². The van der Waals surface area contributed by atoms with Gasteiger partial charge in [0.2, 0.25) is 0 Å². The molecule has 7 nitrogen and oxygen atoms in total. The summed E-state index contributed by atoms with van der Waals surface area (Å²) in [4.78, 5) is 19.0. The molecule has 2 aromatic rings. The molecule has 1 amide bonds. The predicted octanol–water partition coefficient (Wildman–Crippen LogP) is 2.41. The zero-order valence-corrected chi connectivity index (χ0v) is 18.9. The van der Waals surface area contributed by atoms with Crippen LogP contribution in [0.4, 0.5) is 0 Å². The van der Waals surface area contributed by atoms with Crippen LogP contribution in [0.5, 0.6) is 0 Å². The van der Waals surface area contributed by atoms with Gasteiger partial charge in [-0.15, -0.1) is 11.3 Å². The van der Waals surface area contributed by atoms with Gasteiger partial charge in [-0.25, -0.2) is 8.42 Å². The minimum atomic E-state index is -3.27. The molecule has 2 aromatic heterocycles. The third kappa shape index (κ3) is 4.16. The number of carbonyl (C=O) groups excluding carboxylic acids is 1. The topological polar surface area (TPSA) is 97.4 Å². The van der Waals surface area contributed by atoms with Gasteiger partial charge in [-0.3, -0.25) is 9.78 Å². The Labute approximate surface area is 181 Å². The second kappa shape index (κ2) is 8.37. The van der Waals surface area contributed by atoms with E-state index in [1.165, 1.54) is 34.0 Å². The van der Waals surface area contributed by atoms with Crippen molar-refractivity contribution in [3.63, 3.8) is 0 Å². The van der Waals surface area contributed by atoms with Gasteiger partial charge in [-0.1, -0.05) is 6.92 Å². The number of piperidine rings is 1. The van der Waals surface area contributed by atoms with E-state index in [-0.39, 0.29) is 34.8 Å². The molecule has 4 rings (SSSR count). The summed E-state index contributed by atoms with van der Waals surface area (Å²) in [6, 6.07) is 5.18. The third-order valence-electron chi connectivity index (χ3n) is 5.76. The van der Waals surface area contributed by atoms with Crippen molar-refractivity contribution in [2.24, 2.45) is 0 Å². The Balaban J connectivity index is 1.47. The summed E-state index contributed by atoms with van der Waals surface area (Å²) in [5.41, 5.74) is 1.56. The van der Waals surface area contributed by atoms with E-state index >= 15 is 0 Å². The highest BCUT2D eigenvalue weighted by atomic mass is 32.2. The fourth-order valence-electron chi connectivity index (χ4n) is 4.17. The first kappa shape index (κ1) is 21.4. The molecule has 2 N–H and O–H groups in total. The van der Waals surface area contributed by atoms with Crippen LogP contribution in [0, 0.1) is 0 Å². The number of nitrogens with one attached hydrogen (secondary N) is 2. The molecule has 9 heteroatoms. The number of carbonyl (C=O) groups is 1. The van der Waals surface area contributed by atoms with Gasteiger partial charge in [-0.05, 0) is 63.0 Å². The first-order chi connectivity index (χ1) is 14.3. The minimum Gasteiger partial charge on any atom is -0.366 e. The van der Waals surface area contributed by atoms with Crippen molar-refractivity contribution in [1.82, 2.24) is 15.6 Å². The zero-order chi connectivity index (χ0) is 21.4. The second-order valence-electron chi connectivity index (χ2n) is 7.91. The zero-order valence-electron chi connectivity index (χ0n) is 17.2. The number of hydrogen-bond acceptors (Lipinski definition) is 7. The smallest absolute Gasteiger partial charge is 0.261 e. The average molecular weight is 450 g/mol. The van der Waals surface area contributed by atoms with E-state index < -0.39 is 9.84 Å². The standard InChI is InChI=1S/C21H27N3O4S2/c1-3-30(26,27)17-5-4-16(23-13-17)12-24-20(25)18-11-15-10-14(2)28-21(19(15)29-18)6-8-22-9-7-21/h4-5,11,13-14,22H,3,6-10,12H2,1-2H3,(H,24,25)/t14-/m0/s1. The Bertz CT molecular complexity index is 1030. The van der Waals surface area contributed by atoms with Gasteiger partial charge in [0, 0.05) is 11.1 Å². The van der Waals surface area contributed by atoms with Gasteiger partial charge < -0.3 is 15.4 Å². The van der Waals surface area contributed by atoms with E-state index in [1.807, 2.05) is 6.07 Å². The number of thiophene rings is 1. The number of ether oxygens (including phenoxy) is 1. The molecule has 0 aliphatic carbocycles. The van der Waals surface area contributed by atoms with E-state index in [0.29, 0.717) is 10.6 Å². The van der Waals surface area contributed by atoms with Crippen LogP contribution in [0.3, 0.4) is 0 Å². The summed E-state index contributed by atoms with van der Waals surface area (Å²) in [5, 5.41) is 6.29. The van der Waals surface area contributed by atoms with Crippen LogP contribution in [0.1, 0.15) is 52.5 Å². The molecular formula is C21H27N3O4S2. The molecule has 1 saturated heterocycles. The van der Waals surface area contributed by atoms with Gasteiger partial charge in [0.25, 0.3) is 5.91 Å². The molecule has 0 saturated carbocycles. The van der Waals surface area contributed by atoms with Crippen molar-refractivity contribution >= 4 is 27.1 Å². The molecule has 0 bridgehead atoms. The molecular weight excluding hydrogens is 422 g/mol. The maximum absolute atomic E-state index is 12.8. The fraction of sp³-hybridized carbons (Fsp3) is 0.524. The molecule has 0 aromatic carbocycles. The van der Waals surface area contributed by atoms with E-state index in [2.05, 4.69) is 22.5 Å². The summed E-state index contributed by atoms with van der Waals surface area (Å²) in [6.07, 6.45) is 4.15. The summed E-state index contributed by atoms with van der Waals surface area (Å²) >= 11 is 1.53. The van der Waals surface area contributed by atoms with Crippen molar-refractivity contribution in [2.45, 2.75) is 56.3 Å². The molecule has 1 fully saturated rings. The van der Waals surface area contributed by atoms with Crippen LogP contribution in [0.15, 0.2) is 29.3 Å².